The van der Waals surface area contributed by atoms with E-state index >= 15 is 0 Å². The van der Waals surface area contributed by atoms with Crippen LogP contribution >= 0.6 is 11.6 Å². The summed E-state index contributed by atoms with van der Waals surface area (Å²) in [5, 5.41) is 7.16. The highest BCUT2D eigenvalue weighted by Gasteiger charge is 2.22. The third kappa shape index (κ3) is 4.82. The monoisotopic (exact) mass is 478 g/mol. The van der Waals surface area contributed by atoms with Gasteiger partial charge in [0.1, 0.15) is 5.82 Å². The zero-order valence-corrected chi connectivity index (χ0v) is 18.9. The highest BCUT2D eigenvalue weighted by molar-refractivity contribution is 6.31. The summed E-state index contributed by atoms with van der Waals surface area (Å²) in [5.41, 5.74) is -0.572. The number of carbonyl (C=O) groups is 1. The molecular formula is C25H20ClFN4O3. The molecule has 1 atom stereocenters. The molecule has 0 radical (unpaired) electrons. The first kappa shape index (κ1) is 23.1. The fourth-order valence-electron chi connectivity index (χ4n) is 3.43. The van der Waals surface area contributed by atoms with Crippen LogP contribution in [-0.4, -0.2) is 20.3 Å². The molecule has 0 saturated carbocycles. The molecule has 0 spiro atoms. The molecule has 1 heterocycles. The van der Waals surface area contributed by atoms with Crippen molar-refractivity contribution in [1.29, 1.82) is 0 Å². The minimum atomic E-state index is -0.860. The Kier molecular flexibility index (Phi) is 6.70. The van der Waals surface area contributed by atoms with Gasteiger partial charge in [-0.15, -0.1) is 0 Å². The number of hydrogen-bond donors (Lipinski definition) is 1. The summed E-state index contributed by atoms with van der Waals surface area (Å²) >= 11 is 6.23. The van der Waals surface area contributed by atoms with Crippen molar-refractivity contribution >= 4 is 17.5 Å². The maximum atomic E-state index is 13.4. The van der Waals surface area contributed by atoms with Crippen molar-refractivity contribution in [2.45, 2.75) is 19.5 Å². The van der Waals surface area contributed by atoms with Crippen LogP contribution in [0, 0.1) is 5.82 Å². The van der Waals surface area contributed by atoms with E-state index in [0.29, 0.717) is 10.6 Å². The Labute approximate surface area is 199 Å². The van der Waals surface area contributed by atoms with Crippen LogP contribution in [0.25, 0.3) is 5.69 Å². The molecule has 1 aromatic heterocycles. The Morgan fingerprint density at radius 1 is 1.00 bits per heavy atom. The molecule has 9 heteroatoms. The van der Waals surface area contributed by atoms with E-state index in [1.54, 1.807) is 31.2 Å². The molecule has 3 aromatic carbocycles. The Morgan fingerprint density at radius 2 is 1.65 bits per heavy atom. The first-order valence-corrected chi connectivity index (χ1v) is 10.8. The molecule has 4 rings (SSSR count). The summed E-state index contributed by atoms with van der Waals surface area (Å²) in [6, 6.07) is 20.5. The molecule has 0 aliphatic heterocycles. The standard InChI is InChI=1S/C25H20ClFN4O3/c1-16(17-7-3-2-4-8-17)28-23(32)22-24(33)30(15-18-9-5-6-10-21(18)26)25(34)31(29-22)20-13-11-19(27)12-14-20/h2-14,16H,15H2,1H3,(H,28,32). The highest BCUT2D eigenvalue weighted by Crippen LogP contribution is 2.15. The second kappa shape index (κ2) is 9.84. The molecule has 0 fully saturated rings. The van der Waals surface area contributed by atoms with Crippen molar-refractivity contribution in [1.82, 2.24) is 19.7 Å². The molecule has 0 aliphatic carbocycles. The van der Waals surface area contributed by atoms with Crippen molar-refractivity contribution in [2.24, 2.45) is 0 Å². The summed E-state index contributed by atoms with van der Waals surface area (Å²) in [4.78, 5) is 39.5. The SMILES string of the molecule is CC(NC(=O)c1nn(-c2ccc(F)cc2)c(=O)n(Cc2ccccc2Cl)c1=O)c1ccccc1. The van der Waals surface area contributed by atoms with E-state index in [-0.39, 0.29) is 12.2 Å². The number of carbonyl (C=O) groups excluding carboxylic acids is 1. The van der Waals surface area contributed by atoms with E-state index in [1.807, 2.05) is 30.3 Å². The molecule has 34 heavy (non-hydrogen) atoms. The number of rotatable bonds is 6. The van der Waals surface area contributed by atoms with Crippen LogP contribution in [0.3, 0.4) is 0 Å². The number of amides is 1. The number of nitrogens with one attached hydrogen (secondary N) is 1. The third-order valence-corrected chi connectivity index (χ3v) is 5.65. The van der Waals surface area contributed by atoms with Gasteiger partial charge in [-0.05, 0) is 48.4 Å². The molecule has 1 N–H and O–H groups in total. The maximum Gasteiger partial charge on any atom is 0.352 e. The van der Waals surface area contributed by atoms with E-state index in [2.05, 4.69) is 10.4 Å². The number of aromatic nitrogens is 3. The predicted molar refractivity (Wildman–Crippen MR) is 127 cm³/mol. The van der Waals surface area contributed by atoms with Gasteiger partial charge in [-0.3, -0.25) is 14.2 Å². The topological polar surface area (TPSA) is 86.0 Å². The van der Waals surface area contributed by atoms with Crippen molar-refractivity contribution in [2.75, 3.05) is 0 Å². The van der Waals surface area contributed by atoms with E-state index in [0.717, 1.165) is 26.9 Å². The van der Waals surface area contributed by atoms with Gasteiger partial charge in [-0.2, -0.15) is 9.78 Å². The average Bonchev–Trinajstić information content (AvgIpc) is 2.84. The molecule has 0 aliphatic rings. The summed E-state index contributed by atoms with van der Waals surface area (Å²) < 4.78 is 15.2. The van der Waals surface area contributed by atoms with Crippen LogP contribution in [0.1, 0.15) is 34.6 Å². The first-order valence-electron chi connectivity index (χ1n) is 10.4. The van der Waals surface area contributed by atoms with Gasteiger partial charge in [0, 0.05) is 5.02 Å². The molecule has 172 valence electrons. The summed E-state index contributed by atoms with van der Waals surface area (Å²) in [7, 11) is 0. The zero-order chi connectivity index (χ0) is 24.2. The van der Waals surface area contributed by atoms with Crippen LogP contribution in [0.2, 0.25) is 5.02 Å². The molecular weight excluding hydrogens is 459 g/mol. The molecule has 1 unspecified atom stereocenters. The van der Waals surface area contributed by atoms with E-state index in [9.17, 15) is 18.8 Å². The normalized spacial score (nSPS) is 11.7. The minimum absolute atomic E-state index is 0.171. The van der Waals surface area contributed by atoms with Crippen LogP contribution in [0.5, 0.6) is 0 Å². The Morgan fingerprint density at radius 3 is 2.32 bits per heavy atom. The largest absolute Gasteiger partial charge is 0.352 e. The lowest BCUT2D eigenvalue weighted by Gasteiger charge is -2.16. The first-order chi connectivity index (χ1) is 16.3. The quantitative estimate of drug-likeness (QED) is 0.457. The van der Waals surface area contributed by atoms with Gasteiger partial charge in [-0.25, -0.2) is 9.18 Å². The second-order valence-electron chi connectivity index (χ2n) is 7.61. The van der Waals surface area contributed by atoms with Gasteiger partial charge in [0.15, 0.2) is 0 Å². The molecule has 7 nitrogen and oxygen atoms in total. The highest BCUT2D eigenvalue weighted by atomic mass is 35.5. The zero-order valence-electron chi connectivity index (χ0n) is 18.1. The Bertz CT molecular complexity index is 1450. The molecule has 4 aromatic rings. The predicted octanol–water partition coefficient (Wildman–Crippen LogP) is 3.73. The fraction of sp³-hybridized carbons (Fsp3) is 0.120. The Balaban J connectivity index is 1.82. The van der Waals surface area contributed by atoms with Crippen molar-refractivity contribution in [3.8, 4) is 5.69 Å². The summed E-state index contributed by atoms with van der Waals surface area (Å²) in [6.45, 7) is 1.60. The van der Waals surface area contributed by atoms with Gasteiger partial charge < -0.3 is 5.32 Å². The molecule has 1 amide bonds. The second-order valence-corrected chi connectivity index (χ2v) is 8.02. The van der Waals surface area contributed by atoms with Gasteiger partial charge in [0.05, 0.1) is 18.3 Å². The smallest absolute Gasteiger partial charge is 0.344 e. The van der Waals surface area contributed by atoms with Crippen LogP contribution in [-0.2, 0) is 6.54 Å². The third-order valence-electron chi connectivity index (χ3n) is 5.28. The number of nitrogens with zero attached hydrogens (tertiary/aromatic N) is 3. The van der Waals surface area contributed by atoms with Crippen LogP contribution in [0.15, 0.2) is 88.5 Å². The van der Waals surface area contributed by atoms with Crippen molar-refractivity contribution < 1.29 is 9.18 Å². The van der Waals surface area contributed by atoms with Crippen LogP contribution < -0.4 is 16.6 Å². The van der Waals surface area contributed by atoms with Gasteiger partial charge in [0.2, 0.25) is 5.69 Å². The van der Waals surface area contributed by atoms with Gasteiger partial charge in [0.25, 0.3) is 11.5 Å². The summed E-state index contributed by atoms with van der Waals surface area (Å²) in [5.74, 6) is -1.25. The van der Waals surface area contributed by atoms with E-state index < -0.39 is 34.7 Å². The maximum absolute atomic E-state index is 13.4. The number of benzene rings is 3. The fourth-order valence-corrected chi connectivity index (χ4v) is 3.63. The van der Waals surface area contributed by atoms with Gasteiger partial charge >= 0.3 is 5.69 Å². The van der Waals surface area contributed by atoms with Crippen molar-refractivity contribution in [3.63, 3.8) is 0 Å². The Hall–Kier alpha value is -4.04. The average molecular weight is 479 g/mol. The number of hydrogen-bond acceptors (Lipinski definition) is 4. The van der Waals surface area contributed by atoms with E-state index in [4.69, 9.17) is 11.6 Å². The van der Waals surface area contributed by atoms with Crippen LogP contribution in [0.4, 0.5) is 4.39 Å². The lowest BCUT2D eigenvalue weighted by Crippen LogP contribution is -2.46. The molecule has 0 saturated heterocycles. The van der Waals surface area contributed by atoms with E-state index in [1.165, 1.54) is 12.1 Å². The lowest BCUT2D eigenvalue weighted by molar-refractivity contribution is 0.0930. The summed E-state index contributed by atoms with van der Waals surface area (Å²) in [6.07, 6.45) is 0. The van der Waals surface area contributed by atoms with Crippen molar-refractivity contribution in [3.05, 3.63) is 127 Å². The van der Waals surface area contributed by atoms with Gasteiger partial charge in [-0.1, -0.05) is 60.1 Å². The number of halogens is 2. The minimum Gasteiger partial charge on any atom is -0.344 e. The lowest BCUT2D eigenvalue weighted by atomic mass is 10.1. The molecule has 0 bridgehead atoms.